The van der Waals surface area contributed by atoms with Crippen LogP contribution in [0.15, 0.2) is 18.2 Å². The molecule has 0 aliphatic heterocycles. The molecule has 0 radical (unpaired) electrons. The van der Waals surface area contributed by atoms with Crippen molar-refractivity contribution >= 4 is 5.91 Å². The molecule has 0 aliphatic carbocycles. The molecule has 1 aromatic carbocycles. The second-order valence-corrected chi connectivity index (χ2v) is 3.81. The van der Waals surface area contributed by atoms with Crippen LogP contribution in [0.1, 0.15) is 5.56 Å². The zero-order valence-electron chi connectivity index (χ0n) is 10.0. The Morgan fingerprint density at radius 2 is 2.17 bits per heavy atom. The largest absolute Gasteiger partial charge is 0.340 e. The van der Waals surface area contributed by atoms with E-state index in [0.717, 1.165) is 12.1 Å². The summed E-state index contributed by atoms with van der Waals surface area (Å²) in [6.07, 6.45) is 5.03. The van der Waals surface area contributed by atoms with E-state index in [1.165, 1.54) is 11.0 Å². The van der Waals surface area contributed by atoms with Crippen LogP contribution >= 0.6 is 0 Å². The van der Waals surface area contributed by atoms with Crippen molar-refractivity contribution in [3.63, 3.8) is 0 Å². The molecule has 1 N–H and O–H groups in total. The molecule has 0 atom stereocenters. The Kier molecular flexibility index (Phi) is 5.28. The highest BCUT2D eigenvalue weighted by Crippen LogP contribution is 2.10. The number of nitrogens with zero attached hydrogens (tertiary/aromatic N) is 1. The monoisotopic (exact) mass is 252 g/mol. The van der Waals surface area contributed by atoms with Gasteiger partial charge >= 0.3 is 0 Å². The van der Waals surface area contributed by atoms with Crippen LogP contribution in [0.3, 0.4) is 0 Å². The topological polar surface area (TPSA) is 32.3 Å². The molecule has 18 heavy (non-hydrogen) atoms. The van der Waals surface area contributed by atoms with E-state index in [-0.39, 0.29) is 19.0 Å². The minimum atomic E-state index is -0.918. The second kappa shape index (κ2) is 6.72. The first-order chi connectivity index (χ1) is 8.54. The lowest BCUT2D eigenvalue weighted by atomic mass is 10.2. The molecule has 0 heterocycles. The molecule has 1 aromatic rings. The van der Waals surface area contributed by atoms with Crippen molar-refractivity contribution in [1.29, 1.82) is 0 Å². The smallest absolute Gasteiger partial charge is 0.236 e. The third-order valence-electron chi connectivity index (χ3n) is 2.33. The molecule has 96 valence electrons. The number of halogens is 2. The molecule has 0 unspecified atom stereocenters. The second-order valence-electron chi connectivity index (χ2n) is 3.81. The van der Waals surface area contributed by atoms with Crippen LogP contribution in [0.5, 0.6) is 0 Å². The van der Waals surface area contributed by atoms with E-state index in [2.05, 4.69) is 11.2 Å². The first-order valence-electron chi connectivity index (χ1n) is 5.36. The number of carbonyl (C=O) groups is 1. The Morgan fingerprint density at radius 3 is 2.78 bits per heavy atom. The van der Waals surface area contributed by atoms with Gasteiger partial charge < -0.3 is 4.90 Å². The SMILES string of the molecule is C#CCNCC(=O)N(C)Cc1ccc(F)c(F)c1. The number of hydrogen-bond acceptors (Lipinski definition) is 2. The fourth-order valence-corrected chi connectivity index (χ4v) is 1.38. The average molecular weight is 252 g/mol. The third-order valence-corrected chi connectivity index (χ3v) is 2.33. The maximum atomic E-state index is 13.0. The summed E-state index contributed by atoms with van der Waals surface area (Å²) in [4.78, 5) is 13.0. The van der Waals surface area contributed by atoms with Gasteiger partial charge in [-0.1, -0.05) is 12.0 Å². The molecular formula is C13H14F2N2O. The number of likely N-dealkylation sites (N-methyl/N-ethyl adjacent to an activating group) is 1. The third kappa shape index (κ3) is 4.15. The Labute approximate surface area is 105 Å². The summed E-state index contributed by atoms with van der Waals surface area (Å²) in [5.41, 5.74) is 0.529. The number of amides is 1. The predicted octanol–water partition coefficient (Wildman–Crippen LogP) is 1.15. The minimum Gasteiger partial charge on any atom is -0.340 e. The first-order valence-corrected chi connectivity index (χ1v) is 5.36. The van der Waals surface area contributed by atoms with Gasteiger partial charge in [-0.15, -0.1) is 6.42 Å². The maximum Gasteiger partial charge on any atom is 0.236 e. The highest BCUT2D eigenvalue weighted by molar-refractivity contribution is 5.77. The number of rotatable bonds is 5. The molecule has 1 rings (SSSR count). The number of nitrogens with one attached hydrogen (secondary N) is 1. The molecule has 0 fully saturated rings. The number of terminal acetylenes is 1. The highest BCUT2D eigenvalue weighted by Gasteiger charge is 2.10. The van der Waals surface area contributed by atoms with Crippen molar-refractivity contribution in [2.24, 2.45) is 0 Å². The maximum absolute atomic E-state index is 13.0. The van der Waals surface area contributed by atoms with Gasteiger partial charge in [0.05, 0.1) is 13.1 Å². The normalized spacial score (nSPS) is 9.89. The van der Waals surface area contributed by atoms with Crippen LogP contribution in [0.4, 0.5) is 8.78 Å². The summed E-state index contributed by atoms with van der Waals surface area (Å²) in [6, 6.07) is 3.56. The van der Waals surface area contributed by atoms with Crippen molar-refractivity contribution in [3.05, 3.63) is 35.4 Å². The van der Waals surface area contributed by atoms with Crippen molar-refractivity contribution < 1.29 is 13.6 Å². The molecule has 5 heteroatoms. The lowest BCUT2D eigenvalue weighted by Crippen LogP contribution is -2.35. The zero-order chi connectivity index (χ0) is 13.5. The van der Waals surface area contributed by atoms with E-state index in [1.807, 2.05) is 0 Å². The van der Waals surface area contributed by atoms with Crippen molar-refractivity contribution in [1.82, 2.24) is 10.2 Å². The Morgan fingerprint density at radius 1 is 1.44 bits per heavy atom. The van der Waals surface area contributed by atoms with E-state index in [1.54, 1.807) is 7.05 Å². The quantitative estimate of drug-likeness (QED) is 0.629. The molecule has 0 aromatic heterocycles. The number of hydrogen-bond donors (Lipinski definition) is 1. The van der Waals surface area contributed by atoms with Gasteiger partial charge in [-0.25, -0.2) is 8.78 Å². The summed E-state index contributed by atoms with van der Waals surface area (Å²) in [6.45, 7) is 0.642. The highest BCUT2D eigenvalue weighted by atomic mass is 19.2. The van der Waals surface area contributed by atoms with Crippen LogP contribution in [0, 0.1) is 24.0 Å². The summed E-state index contributed by atoms with van der Waals surface area (Å²) in [5, 5.41) is 2.76. The molecule has 1 amide bonds. The van der Waals surface area contributed by atoms with E-state index in [9.17, 15) is 13.6 Å². The lowest BCUT2D eigenvalue weighted by Gasteiger charge is -2.17. The van der Waals surface area contributed by atoms with Gasteiger partial charge in [0, 0.05) is 13.6 Å². The summed E-state index contributed by atoms with van der Waals surface area (Å²) < 4.78 is 25.7. The molecule has 0 aliphatic rings. The number of carbonyl (C=O) groups excluding carboxylic acids is 1. The van der Waals surface area contributed by atoms with Gasteiger partial charge in [0.25, 0.3) is 0 Å². The van der Waals surface area contributed by atoms with Crippen LogP contribution in [0.25, 0.3) is 0 Å². The Bertz CT molecular complexity index is 469. The van der Waals surface area contributed by atoms with Gasteiger partial charge in [0.2, 0.25) is 5.91 Å². The van der Waals surface area contributed by atoms with Crippen LogP contribution < -0.4 is 5.32 Å². The van der Waals surface area contributed by atoms with Crippen molar-refractivity contribution in [3.8, 4) is 12.3 Å². The van der Waals surface area contributed by atoms with Crippen LogP contribution in [-0.2, 0) is 11.3 Å². The summed E-state index contributed by atoms with van der Waals surface area (Å²) in [5.74, 6) is 0.364. The van der Waals surface area contributed by atoms with Crippen molar-refractivity contribution in [2.75, 3.05) is 20.1 Å². The average Bonchev–Trinajstić information content (AvgIpc) is 2.34. The van der Waals surface area contributed by atoms with Crippen LogP contribution in [-0.4, -0.2) is 30.9 Å². The molecule has 0 saturated carbocycles. The van der Waals surface area contributed by atoms with Gasteiger partial charge in [0.15, 0.2) is 11.6 Å². The van der Waals surface area contributed by atoms with Crippen LogP contribution in [0.2, 0.25) is 0 Å². The van der Waals surface area contributed by atoms with E-state index >= 15 is 0 Å². The standard InChI is InChI=1S/C13H14F2N2O/c1-3-6-16-8-13(18)17(2)9-10-4-5-11(14)12(15)7-10/h1,4-5,7,16H,6,8-9H2,2H3. The molecule has 3 nitrogen and oxygen atoms in total. The van der Waals surface area contributed by atoms with E-state index in [4.69, 9.17) is 6.42 Å². The molecular weight excluding hydrogens is 238 g/mol. The first kappa shape index (κ1) is 14.1. The van der Waals surface area contributed by atoms with Gasteiger partial charge in [-0.2, -0.15) is 0 Å². The zero-order valence-corrected chi connectivity index (χ0v) is 10.0. The molecule has 0 saturated heterocycles. The lowest BCUT2D eigenvalue weighted by molar-refractivity contribution is -0.129. The fraction of sp³-hybridized carbons (Fsp3) is 0.308. The van der Waals surface area contributed by atoms with E-state index < -0.39 is 11.6 Å². The fourth-order valence-electron chi connectivity index (χ4n) is 1.38. The summed E-state index contributed by atoms with van der Waals surface area (Å²) in [7, 11) is 1.58. The van der Waals surface area contributed by atoms with E-state index in [0.29, 0.717) is 12.1 Å². The molecule has 0 spiro atoms. The minimum absolute atomic E-state index is 0.115. The van der Waals surface area contributed by atoms with Gasteiger partial charge in [-0.3, -0.25) is 10.1 Å². The Balaban J connectivity index is 2.53. The van der Waals surface area contributed by atoms with Gasteiger partial charge in [0.1, 0.15) is 0 Å². The summed E-state index contributed by atoms with van der Waals surface area (Å²) >= 11 is 0. The van der Waals surface area contributed by atoms with Crippen molar-refractivity contribution in [2.45, 2.75) is 6.54 Å². The Hall–Kier alpha value is -1.93. The van der Waals surface area contributed by atoms with Gasteiger partial charge in [-0.05, 0) is 17.7 Å². The molecule has 0 bridgehead atoms. The number of benzene rings is 1. The predicted molar refractivity (Wildman–Crippen MR) is 64.5 cm³/mol.